The fourth-order valence-corrected chi connectivity index (χ4v) is 2.57. The lowest BCUT2D eigenvalue weighted by Crippen LogP contribution is -2.33. The van der Waals surface area contributed by atoms with E-state index in [9.17, 15) is 14.0 Å². The molecule has 1 heterocycles. The fourth-order valence-electron chi connectivity index (χ4n) is 2.23. The molecule has 20 heavy (non-hydrogen) atoms. The van der Waals surface area contributed by atoms with E-state index in [1.165, 1.54) is 12.1 Å². The molecule has 2 amide bonds. The zero-order valence-electron chi connectivity index (χ0n) is 11.3. The van der Waals surface area contributed by atoms with E-state index in [1.54, 1.807) is 11.0 Å². The molecule has 0 radical (unpaired) electrons. The van der Waals surface area contributed by atoms with Crippen LogP contribution in [-0.4, -0.2) is 29.3 Å². The highest BCUT2D eigenvalue weighted by Gasteiger charge is 2.35. The maximum Gasteiger partial charge on any atom is 0.229 e. The van der Waals surface area contributed by atoms with Crippen LogP contribution in [0.1, 0.15) is 20.3 Å². The number of nitrogens with zero attached hydrogens (tertiary/aromatic N) is 1. The Labute approximate surface area is 125 Å². The van der Waals surface area contributed by atoms with E-state index in [0.29, 0.717) is 11.0 Å². The second kappa shape index (κ2) is 5.91. The van der Waals surface area contributed by atoms with Crippen LogP contribution in [0.25, 0.3) is 0 Å². The number of hydrogen-bond acceptors (Lipinski definition) is 2. The van der Waals surface area contributed by atoms with Gasteiger partial charge in [-0.2, -0.15) is 0 Å². The van der Waals surface area contributed by atoms with Crippen LogP contribution >= 0.6 is 15.9 Å². The zero-order valence-corrected chi connectivity index (χ0v) is 12.9. The number of carbonyl (C=O) groups is 2. The van der Waals surface area contributed by atoms with Crippen LogP contribution in [0, 0.1) is 11.7 Å². The lowest BCUT2D eigenvalue weighted by molar-refractivity contribution is -0.129. The van der Waals surface area contributed by atoms with Gasteiger partial charge in [-0.15, -0.1) is 0 Å². The first kappa shape index (κ1) is 15.0. The maximum absolute atomic E-state index is 13.7. The number of amides is 2. The minimum atomic E-state index is -0.502. The van der Waals surface area contributed by atoms with E-state index in [0.717, 1.165) is 0 Å². The normalized spacial score (nSPS) is 18.8. The van der Waals surface area contributed by atoms with Gasteiger partial charge in [0.15, 0.2) is 0 Å². The number of carbonyl (C=O) groups excluding carboxylic acids is 2. The minimum absolute atomic E-state index is 0.0311. The number of rotatable bonds is 3. The minimum Gasteiger partial charge on any atom is -0.339 e. The first-order valence-corrected chi connectivity index (χ1v) is 7.23. The first-order valence-electron chi connectivity index (χ1n) is 6.44. The lowest BCUT2D eigenvalue weighted by atomic mass is 10.1. The topological polar surface area (TPSA) is 49.4 Å². The van der Waals surface area contributed by atoms with Gasteiger partial charge < -0.3 is 10.2 Å². The van der Waals surface area contributed by atoms with E-state index in [4.69, 9.17) is 0 Å². The van der Waals surface area contributed by atoms with Gasteiger partial charge in [0.1, 0.15) is 5.82 Å². The molecule has 0 bridgehead atoms. The van der Waals surface area contributed by atoms with Crippen LogP contribution in [0.4, 0.5) is 10.1 Å². The summed E-state index contributed by atoms with van der Waals surface area (Å²) in [6, 6.07) is 4.51. The standard InChI is InChI=1S/C14H16BrFN2O2/c1-8(2)18-7-9(5-13(18)19)14(20)17-12-4-3-10(15)6-11(12)16/h3-4,6,8-9H,5,7H2,1-2H3,(H,17,20). The Bertz CT molecular complexity index is 548. The Morgan fingerprint density at radius 2 is 2.20 bits per heavy atom. The van der Waals surface area contributed by atoms with Crippen molar-refractivity contribution >= 4 is 33.4 Å². The van der Waals surface area contributed by atoms with Crippen LogP contribution < -0.4 is 5.32 Å². The number of anilines is 1. The van der Waals surface area contributed by atoms with Crippen molar-refractivity contribution in [3.05, 3.63) is 28.5 Å². The van der Waals surface area contributed by atoms with E-state index < -0.39 is 11.7 Å². The van der Waals surface area contributed by atoms with Crippen molar-refractivity contribution in [1.29, 1.82) is 0 Å². The zero-order chi connectivity index (χ0) is 14.9. The quantitative estimate of drug-likeness (QED) is 0.918. The fraction of sp³-hybridized carbons (Fsp3) is 0.429. The summed E-state index contributed by atoms with van der Waals surface area (Å²) < 4.78 is 14.3. The molecular formula is C14H16BrFN2O2. The van der Waals surface area contributed by atoms with Gasteiger partial charge >= 0.3 is 0 Å². The van der Waals surface area contributed by atoms with E-state index in [1.807, 2.05) is 13.8 Å². The highest BCUT2D eigenvalue weighted by Crippen LogP contribution is 2.24. The second-order valence-corrected chi connectivity index (χ2v) is 6.07. The Kier molecular flexibility index (Phi) is 4.42. The molecule has 0 saturated carbocycles. The van der Waals surface area contributed by atoms with Gasteiger partial charge in [-0.3, -0.25) is 9.59 Å². The molecule has 1 aromatic rings. The third kappa shape index (κ3) is 3.17. The molecule has 0 aromatic heterocycles. The number of halogens is 2. The predicted molar refractivity (Wildman–Crippen MR) is 77.7 cm³/mol. The Hall–Kier alpha value is -1.43. The molecular weight excluding hydrogens is 327 g/mol. The van der Waals surface area contributed by atoms with Gasteiger partial charge in [0.25, 0.3) is 0 Å². The number of nitrogens with one attached hydrogen (secondary N) is 1. The maximum atomic E-state index is 13.7. The summed E-state index contributed by atoms with van der Waals surface area (Å²) in [5, 5.41) is 2.55. The monoisotopic (exact) mass is 342 g/mol. The van der Waals surface area contributed by atoms with Crippen LogP contribution in [0.15, 0.2) is 22.7 Å². The molecule has 6 heteroatoms. The molecule has 1 aliphatic rings. The van der Waals surface area contributed by atoms with Crippen molar-refractivity contribution in [2.75, 3.05) is 11.9 Å². The highest BCUT2D eigenvalue weighted by atomic mass is 79.9. The molecule has 2 rings (SSSR count). The van der Waals surface area contributed by atoms with Crippen LogP contribution in [0.2, 0.25) is 0 Å². The average Bonchev–Trinajstić information content (AvgIpc) is 2.75. The summed E-state index contributed by atoms with van der Waals surface area (Å²) in [4.78, 5) is 25.5. The number of likely N-dealkylation sites (tertiary alicyclic amines) is 1. The van der Waals surface area contributed by atoms with Gasteiger partial charge in [0.05, 0.1) is 11.6 Å². The average molecular weight is 343 g/mol. The molecule has 1 atom stereocenters. The molecule has 4 nitrogen and oxygen atoms in total. The van der Waals surface area contributed by atoms with E-state index >= 15 is 0 Å². The van der Waals surface area contributed by atoms with Gasteiger partial charge in [-0.1, -0.05) is 15.9 Å². The summed E-state index contributed by atoms with van der Waals surface area (Å²) in [6.07, 6.45) is 0.183. The Morgan fingerprint density at radius 3 is 2.75 bits per heavy atom. The summed E-state index contributed by atoms with van der Waals surface area (Å²) in [5.74, 6) is -1.27. The largest absolute Gasteiger partial charge is 0.339 e. The van der Waals surface area contributed by atoms with E-state index in [2.05, 4.69) is 21.2 Å². The van der Waals surface area contributed by atoms with Crippen LogP contribution in [0.3, 0.4) is 0 Å². The molecule has 1 unspecified atom stereocenters. The summed E-state index contributed by atoms with van der Waals surface area (Å²) in [5.41, 5.74) is 0.133. The van der Waals surface area contributed by atoms with Crippen molar-refractivity contribution in [3.8, 4) is 0 Å². The molecule has 108 valence electrons. The van der Waals surface area contributed by atoms with Crippen molar-refractivity contribution in [1.82, 2.24) is 4.90 Å². The van der Waals surface area contributed by atoms with Gasteiger partial charge in [-0.05, 0) is 32.0 Å². The van der Waals surface area contributed by atoms with Crippen LogP contribution in [0.5, 0.6) is 0 Å². The van der Waals surface area contributed by atoms with Crippen molar-refractivity contribution < 1.29 is 14.0 Å². The molecule has 0 aliphatic carbocycles. The molecule has 1 aliphatic heterocycles. The summed E-state index contributed by atoms with van der Waals surface area (Å²) >= 11 is 3.16. The molecule has 1 aromatic carbocycles. The van der Waals surface area contributed by atoms with Crippen molar-refractivity contribution in [3.63, 3.8) is 0 Å². The summed E-state index contributed by atoms with van der Waals surface area (Å²) in [6.45, 7) is 4.21. The van der Waals surface area contributed by atoms with Gasteiger partial charge in [0.2, 0.25) is 11.8 Å². The smallest absolute Gasteiger partial charge is 0.229 e. The first-order chi connectivity index (χ1) is 9.38. The third-order valence-corrected chi connectivity index (χ3v) is 3.83. The third-order valence-electron chi connectivity index (χ3n) is 3.34. The van der Waals surface area contributed by atoms with Crippen molar-refractivity contribution in [2.45, 2.75) is 26.3 Å². The molecule has 1 fully saturated rings. The molecule has 0 spiro atoms. The lowest BCUT2D eigenvalue weighted by Gasteiger charge is -2.20. The van der Waals surface area contributed by atoms with Crippen molar-refractivity contribution in [2.24, 2.45) is 5.92 Å². The second-order valence-electron chi connectivity index (χ2n) is 5.15. The number of hydrogen-bond donors (Lipinski definition) is 1. The molecule has 1 saturated heterocycles. The Morgan fingerprint density at radius 1 is 1.50 bits per heavy atom. The molecule has 1 N–H and O–H groups in total. The van der Waals surface area contributed by atoms with Gasteiger partial charge in [0, 0.05) is 23.5 Å². The highest BCUT2D eigenvalue weighted by molar-refractivity contribution is 9.10. The van der Waals surface area contributed by atoms with Gasteiger partial charge in [-0.25, -0.2) is 4.39 Å². The number of benzene rings is 1. The Balaban J connectivity index is 2.04. The summed E-state index contributed by atoms with van der Waals surface area (Å²) in [7, 11) is 0. The van der Waals surface area contributed by atoms with Crippen LogP contribution in [-0.2, 0) is 9.59 Å². The van der Waals surface area contributed by atoms with E-state index in [-0.39, 0.29) is 30.0 Å². The SMILES string of the molecule is CC(C)N1CC(C(=O)Nc2ccc(Br)cc2F)CC1=O. The predicted octanol–water partition coefficient (Wildman–Crippen LogP) is 2.78.